The van der Waals surface area contributed by atoms with Crippen LogP contribution in [0.3, 0.4) is 0 Å². The molecule has 112 valence electrons. The first-order valence-corrected chi connectivity index (χ1v) is 7.05. The van der Waals surface area contributed by atoms with Gasteiger partial charge in [0.05, 0.1) is 13.2 Å². The molecule has 1 atom stereocenters. The average molecular weight is 287 g/mol. The van der Waals surface area contributed by atoms with Crippen LogP contribution in [0.4, 0.5) is 4.79 Å². The third-order valence-corrected chi connectivity index (χ3v) is 3.17. The van der Waals surface area contributed by atoms with Crippen LogP contribution in [-0.2, 0) is 9.47 Å². The Balaban J connectivity index is 2.03. The number of hydrogen-bond donors (Lipinski definition) is 0. The summed E-state index contributed by atoms with van der Waals surface area (Å²) >= 11 is 0. The molecule has 1 amide bonds. The molecule has 0 aliphatic carbocycles. The van der Waals surface area contributed by atoms with Crippen molar-refractivity contribution in [3.8, 4) is 12.3 Å². The van der Waals surface area contributed by atoms with Crippen molar-refractivity contribution in [2.75, 3.05) is 19.7 Å². The summed E-state index contributed by atoms with van der Waals surface area (Å²) in [4.78, 5) is 13.8. The molecule has 1 aromatic rings. The lowest BCUT2D eigenvalue weighted by molar-refractivity contribution is -0.0432. The van der Waals surface area contributed by atoms with Crippen LogP contribution in [0.25, 0.3) is 0 Å². The minimum Gasteiger partial charge on any atom is -0.444 e. The van der Waals surface area contributed by atoms with Gasteiger partial charge in [-0.25, -0.2) is 4.79 Å². The molecular weight excluding hydrogens is 266 g/mol. The number of hydrogen-bond acceptors (Lipinski definition) is 3. The van der Waals surface area contributed by atoms with Crippen LogP contribution in [0.2, 0.25) is 0 Å². The van der Waals surface area contributed by atoms with E-state index in [4.69, 9.17) is 15.9 Å². The van der Waals surface area contributed by atoms with E-state index in [1.54, 1.807) is 4.90 Å². The molecule has 1 aliphatic heterocycles. The standard InChI is InChI=1S/C17H21NO3/c1-5-13-6-8-14(9-7-13)15-12-18(10-11-20-15)16(19)21-17(2,3)4/h1,6-9,15H,10-12H2,2-4H3. The highest BCUT2D eigenvalue weighted by Gasteiger charge is 2.28. The Morgan fingerprint density at radius 2 is 2.05 bits per heavy atom. The molecule has 21 heavy (non-hydrogen) atoms. The maximum absolute atomic E-state index is 12.1. The SMILES string of the molecule is C#Cc1ccc(C2CN(C(=O)OC(C)(C)C)CCO2)cc1. The molecule has 1 aliphatic rings. The van der Waals surface area contributed by atoms with Crippen molar-refractivity contribution in [1.82, 2.24) is 4.90 Å². The van der Waals surface area contributed by atoms with Gasteiger partial charge in [0.15, 0.2) is 0 Å². The quantitative estimate of drug-likeness (QED) is 0.745. The van der Waals surface area contributed by atoms with E-state index in [2.05, 4.69) is 5.92 Å². The van der Waals surface area contributed by atoms with Crippen LogP contribution in [0.5, 0.6) is 0 Å². The minimum absolute atomic E-state index is 0.141. The molecule has 1 unspecified atom stereocenters. The van der Waals surface area contributed by atoms with Crippen LogP contribution >= 0.6 is 0 Å². The van der Waals surface area contributed by atoms with Gasteiger partial charge in [-0.05, 0) is 38.5 Å². The normalized spacial score (nSPS) is 19.0. The van der Waals surface area contributed by atoms with Gasteiger partial charge < -0.3 is 14.4 Å². The van der Waals surface area contributed by atoms with Gasteiger partial charge in [-0.3, -0.25) is 0 Å². The Morgan fingerprint density at radius 3 is 2.62 bits per heavy atom. The first kappa shape index (κ1) is 15.4. The highest BCUT2D eigenvalue weighted by atomic mass is 16.6. The fourth-order valence-electron chi connectivity index (χ4n) is 2.14. The lowest BCUT2D eigenvalue weighted by Gasteiger charge is -2.34. The fourth-order valence-corrected chi connectivity index (χ4v) is 2.14. The van der Waals surface area contributed by atoms with E-state index >= 15 is 0 Å². The van der Waals surface area contributed by atoms with Crippen LogP contribution < -0.4 is 0 Å². The summed E-state index contributed by atoms with van der Waals surface area (Å²) < 4.78 is 11.1. The second kappa shape index (κ2) is 6.19. The molecule has 1 saturated heterocycles. The van der Waals surface area contributed by atoms with Gasteiger partial charge in [-0.15, -0.1) is 6.42 Å². The molecular formula is C17H21NO3. The Labute approximate surface area is 126 Å². The zero-order valence-corrected chi connectivity index (χ0v) is 12.8. The summed E-state index contributed by atoms with van der Waals surface area (Å²) in [6, 6.07) is 7.65. The van der Waals surface area contributed by atoms with E-state index in [9.17, 15) is 4.79 Å². The Bertz CT molecular complexity index is 537. The Kier molecular flexibility index (Phi) is 4.54. The molecule has 2 rings (SSSR count). The second-order valence-electron chi connectivity index (χ2n) is 6.05. The molecule has 1 aromatic carbocycles. The summed E-state index contributed by atoms with van der Waals surface area (Å²) in [5.74, 6) is 2.58. The first-order valence-electron chi connectivity index (χ1n) is 7.05. The molecule has 0 radical (unpaired) electrons. The van der Waals surface area contributed by atoms with Crippen LogP contribution in [-0.4, -0.2) is 36.3 Å². The van der Waals surface area contributed by atoms with Crippen LogP contribution in [0.15, 0.2) is 24.3 Å². The summed E-state index contributed by atoms with van der Waals surface area (Å²) in [7, 11) is 0. The summed E-state index contributed by atoms with van der Waals surface area (Å²) in [6.45, 7) is 7.13. The second-order valence-corrected chi connectivity index (χ2v) is 6.05. The fraction of sp³-hybridized carbons (Fsp3) is 0.471. The van der Waals surface area contributed by atoms with Crippen molar-refractivity contribution in [2.24, 2.45) is 0 Å². The van der Waals surface area contributed by atoms with Gasteiger partial charge in [0, 0.05) is 12.1 Å². The van der Waals surface area contributed by atoms with Crippen LogP contribution in [0.1, 0.15) is 38.0 Å². The van der Waals surface area contributed by atoms with E-state index in [1.165, 1.54) is 0 Å². The predicted molar refractivity (Wildman–Crippen MR) is 80.9 cm³/mol. The predicted octanol–water partition coefficient (Wildman–Crippen LogP) is 2.98. The van der Waals surface area contributed by atoms with Gasteiger partial charge in [-0.1, -0.05) is 18.1 Å². The Hall–Kier alpha value is -1.99. The Morgan fingerprint density at radius 1 is 1.38 bits per heavy atom. The summed E-state index contributed by atoms with van der Waals surface area (Å²) in [5, 5.41) is 0. The smallest absolute Gasteiger partial charge is 0.410 e. The molecule has 0 bridgehead atoms. The van der Waals surface area contributed by atoms with Gasteiger partial charge >= 0.3 is 6.09 Å². The van der Waals surface area contributed by atoms with Crippen LogP contribution in [0, 0.1) is 12.3 Å². The summed E-state index contributed by atoms with van der Waals surface area (Å²) in [6.07, 6.45) is 4.91. The topological polar surface area (TPSA) is 38.8 Å². The van der Waals surface area contributed by atoms with Gasteiger partial charge in [0.25, 0.3) is 0 Å². The molecule has 1 fully saturated rings. The third kappa shape index (κ3) is 4.24. The number of benzene rings is 1. The van der Waals surface area contributed by atoms with E-state index in [-0.39, 0.29) is 12.2 Å². The number of ether oxygens (including phenoxy) is 2. The van der Waals surface area contributed by atoms with Gasteiger partial charge in [0.1, 0.15) is 11.7 Å². The van der Waals surface area contributed by atoms with E-state index in [0.717, 1.165) is 11.1 Å². The van der Waals surface area contributed by atoms with E-state index < -0.39 is 5.60 Å². The zero-order chi connectivity index (χ0) is 15.5. The molecule has 0 saturated carbocycles. The van der Waals surface area contributed by atoms with E-state index in [0.29, 0.717) is 19.7 Å². The van der Waals surface area contributed by atoms with Gasteiger partial charge in [-0.2, -0.15) is 0 Å². The third-order valence-electron chi connectivity index (χ3n) is 3.17. The van der Waals surface area contributed by atoms with Crippen molar-refractivity contribution >= 4 is 6.09 Å². The van der Waals surface area contributed by atoms with Crippen molar-refractivity contribution in [2.45, 2.75) is 32.5 Å². The van der Waals surface area contributed by atoms with Crippen molar-refractivity contribution in [1.29, 1.82) is 0 Å². The number of rotatable bonds is 1. The summed E-state index contributed by atoms with van der Waals surface area (Å²) in [5.41, 5.74) is 1.36. The molecule has 4 heteroatoms. The number of nitrogens with zero attached hydrogens (tertiary/aromatic N) is 1. The number of carbonyl (C=O) groups is 1. The first-order chi connectivity index (χ1) is 9.89. The van der Waals surface area contributed by atoms with Crippen molar-refractivity contribution < 1.29 is 14.3 Å². The number of amides is 1. The zero-order valence-electron chi connectivity index (χ0n) is 12.8. The molecule has 1 heterocycles. The molecule has 0 aromatic heterocycles. The molecule has 0 N–H and O–H groups in total. The lowest BCUT2D eigenvalue weighted by atomic mass is 10.1. The molecule has 4 nitrogen and oxygen atoms in total. The highest BCUT2D eigenvalue weighted by Crippen LogP contribution is 2.23. The average Bonchev–Trinajstić information content (AvgIpc) is 2.46. The van der Waals surface area contributed by atoms with Crippen molar-refractivity contribution in [3.05, 3.63) is 35.4 Å². The van der Waals surface area contributed by atoms with Crippen molar-refractivity contribution in [3.63, 3.8) is 0 Å². The lowest BCUT2D eigenvalue weighted by Crippen LogP contribution is -2.44. The number of morpholine rings is 1. The number of terminal acetylenes is 1. The van der Waals surface area contributed by atoms with Gasteiger partial charge in [0.2, 0.25) is 0 Å². The molecule has 0 spiro atoms. The minimum atomic E-state index is -0.487. The maximum atomic E-state index is 12.1. The largest absolute Gasteiger partial charge is 0.444 e. The van der Waals surface area contributed by atoms with E-state index in [1.807, 2.05) is 45.0 Å². The monoisotopic (exact) mass is 287 g/mol. The highest BCUT2D eigenvalue weighted by molar-refractivity contribution is 5.68. The number of carbonyl (C=O) groups excluding carboxylic acids is 1. The maximum Gasteiger partial charge on any atom is 0.410 e.